The highest BCUT2D eigenvalue weighted by atomic mass is 127. The van der Waals surface area contributed by atoms with E-state index in [4.69, 9.17) is 0 Å². The van der Waals surface area contributed by atoms with Gasteiger partial charge in [-0.15, -0.1) is 24.0 Å². The minimum absolute atomic E-state index is 0. The molecule has 29 heavy (non-hydrogen) atoms. The zero-order chi connectivity index (χ0) is 20.4. The number of aliphatic imine (C=N–C) groups is 1. The zero-order valence-corrected chi connectivity index (χ0v) is 20.4. The van der Waals surface area contributed by atoms with E-state index < -0.39 is 0 Å². The summed E-state index contributed by atoms with van der Waals surface area (Å²) in [5.41, 5.74) is 2.31. The molecule has 2 N–H and O–H groups in total. The standard InChI is InChI=1S/C23H34N4O.HI/c1-18(2)8-7-9-19(3)26-23(24-4)25-16-20-11-13-21(14-12-20)17-27-15-6-5-10-22(27)28;/h5-6,10-15,18-19H,7-9,16-17H2,1-4H3,(H2,24,25,26);1H. The average Bonchev–Trinajstić information content (AvgIpc) is 2.67. The Kier molecular flexibility index (Phi) is 11.7. The van der Waals surface area contributed by atoms with Gasteiger partial charge in [-0.3, -0.25) is 9.79 Å². The van der Waals surface area contributed by atoms with Gasteiger partial charge in [0.05, 0.1) is 6.54 Å². The van der Waals surface area contributed by atoms with Crippen molar-refractivity contribution in [3.05, 3.63) is 70.1 Å². The minimum Gasteiger partial charge on any atom is -0.354 e. The van der Waals surface area contributed by atoms with Crippen molar-refractivity contribution in [1.82, 2.24) is 15.2 Å². The van der Waals surface area contributed by atoms with Gasteiger partial charge >= 0.3 is 0 Å². The highest BCUT2D eigenvalue weighted by Crippen LogP contribution is 2.08. The topological polar surface area (TPSA) is 58.4 Å². The van der Waals surface area contributed by atoms with E-state index in [1.165, 1.54) is 18.4 Å². The van der Waals surface area contributed by atoms with Crippen LogP contribution in [0.2, 0.25) is 0 Å². The van der Waals surface area contributed by atoms with Crippen molar-refractivity contribution < 1.29 is 0 Å². The summed E-state index contributed by atoms with van der Waals surface area (Å²) in [5, 5.41) is 6.84. The first-order chi connectivity index (χ1) is 13.5. The Bertz CT molecular complexity index is 799. The van der Waals surface area contributed by atoms with Gasteiger partial charge < -0.3 is 15.2 Å². The van der Waals surface area contributed by atoms with E-state index in [9.17, 15) is 4.79 Å². The molecular weight excluding hydrogens is 475 g/mol. The first-order valence-electron chi connectivity index (χ1n) is 10.2. The number of benzene rings is 1. The van der Waals surface area contributed by atoms with Gasteiger partial charge in [0, 0.05) is 31.9 Å². The zero-order valence-electron chi connectivity index (χ0n) is 18.0. The van der Waals surface area contributed by atoms with E-state index in [-0.39, 0.29) is 29.5 Å². The highest BCUT2D eigenvalue weighted by Gasteiger charge is 2.06. The number of aromatic nitrogens is 1. The summed E-state index contributed by atoms with van der Waals surface area (Å²) in [4.78, 5) is 16.1. The first kappa shape index (κ1) is 25.2. The number of rotatable bonds is 9. The molecule has 1 aromatic carbocycles. The van der Waals surface area contributed by atoms with Crippen LogP contribution in [0.3, 0.4) is 0 Å². The minimum atomic E-state index is 0. The molecule has 2 rings (SSSR count). The van der Waals surface area contributed by atoms with Crippen LogP contribution in [-0.2, 0) is 13.1 Å². The summed E-state index contributed by atoms with van der Waals surface area (Å²) < 4.78 is 1.71. The fraction of sp³-hybridized carbons (Fsp3) is 0.478. The Balaban J connectivity index is 0.00000420. The van der Waals surface area contributed by atoms with Crippen LogP contribution in [-0.4, -0.2) is 23.6 Å². The normalized spacial score (nSPS) is 12.4. The number of hydrogen-bond donors (Lipinski definition) is 2. The molecule has 0 bridgehead atoms. The van der Waals surface area contributed by atoms with Gasteiger partial charge in [-0.25, -0.2) is 0 Å². The van der Waals surface area contributed by atoms with Crippen molar-refractivity contribution in [3.8, 4) is 0 Å². The number of nitrogens with one attached hydrogen (secondary N) is 2. The Morgan fingerprint density at radius 1 is 1.03 bits per heavy atom. The predicted molar refractivity (Wildman–Crippen MR) is 133 cm³/mol. The maximum atomic E-state index is 11.8. The van der Waals surface area contributed by atoms with Gasteiger partial charge in [-0.05, 0) is 36.5 Å². The Morgan fingerprint density at radius 3 is 2.34 bits per heavy atom. The second-order valence-corrected chi connectivity index (χ2v) is 7.78. The highest BCUT2D eigenvalue weighted by molar-refractivity contribution is 14.0. The van der Waals surface area contributed by atoms with E-state index in [1.54, 1.807) is 23.7 Å². The monoisotopic (exact) mass is 510 g/mol. The summed E-state index contributed by atoms with van der Waals surface area (Å²) >= 11 is 0. The molecule has 0 aliphatic carbocycles. The van der Waals surface area contributed by atoms with Crippen molar-refractivity contribution in [2.75, 3.05) is 7.05 Å². The third kappa shape index (κ3) is 9.47. The summed E-state index contributed by atoms with van der Waals surface area (Å²) in [6.07, 6.45) is 5.45. The fourth-order valence-corrected chi connectivity index (χ4v) is 3.07. The van der Waals surface area contributed by atoms with E-state index in [2.05, 4.69) is 60.7 Å². The van der Waals surface area contributed by atoms with Gasteiger partial charge in [0.2, 0.25) is 0 Å². The second-order valence-electron chi connectivity index (χ2n) is 7.78. The van der Waals surface area contributed by atoms with Gasteiger partial charge in [0.1, 0.15) is 0 Å². The lowest BCUT2D eigenvalue weighted by Gasteiger charge is -2.18. The third-order valence-corrected chi connectivity index (χ3v) is 4.76. The summed E-state index contributed by atoms with van der Waals surface area (Å²) in [6.45, 7) is 8.03. The van der Waals surface area contributed by atoms with Gasteiger partial charge in [0.15, 0.2) is 5.96 Å². The van der Waals surface area contributed by atoms with Gasteiger partial charge in [0.25, 0.3) is 5.56 Å². The van der Waals surface area contributed by atoms with Crippen LogP contribution < -0.4 is 16.2 Å². The van der Waals surface area contributed by atoms with E-state index in [0.29, 0.717) is 19.1 Å². The maximum absolute atomic E-state index is 11.8. The molecule has 5 nitrogen and oxygen atoms in total. The first-order valence-corrected chi connectivity index (χ1v) is 10.2. The van der Waals surface area contributed by atoms with Crippen molar-refractivity contribution in [2.45, 2.75) is 59.2 Å². The molecule has 0 saturated carbocycles. The molecule has 6 heteroatoms. The Labute approximate surface area is 192 Å². The summed E-state index contributed by atoms with van der Waals surface area (Å²) in [6, 6.07) is 14.0. The average molecular weight is 510 g/mol. The molecule has 1 unspecified atom stereocenters. The number of pyridine rings is 1. The lowest BCUT2D eigenvalue weighted by Crippen LogP contribution is -2.41. The Hall–Kier alpha value is -1.83. The molecule has 160 valence electrons. The molecule has 1 heterocycles. The van der Waals surface area contributed by atoms with Crippen molar-refractivity contribution in [1.29, 1.82) is 0 Å². The van der Waals surface area contributed by atoms with Crippen LogP contribution in [0.25, 0.3) is 0 Å². The van der Waals surface area contributed by atoms with E-state index >= 15 is 0 Å². The van der Waals surface area contributed by atoms with E-state index in [0.717, 1.165) is 23.9 Å². The molecule has 1 aromatic heterocycles. The van der Waals surface area contributed by atoms with Crippen LogP contribution >= 0.6 is 24.0 Å². The molecule has 0 amide bonds. The van der Waals surface area contributed by atoms with Crippen LogP contribution in [0.4, 0.5) is 0 Å². The number of guanidine groups is 1. The quantitative estimate of drug-likeness (QED) is 0.299. The third-order valence-electron chi connectivity index (χ3n) is 4.76. The summed E-state index contributed by atoms with van der Waals surface area (Å²) in [7, 11) is 1.80. The largest absolute Gasteiger partial charge is 0.354 e. The predicted octanol–water partition coefficient (Wildman–Crippen LogP) is 4.39. The molecule has 0 aliphatic rings. The van der Waals surface area contributed by atoms with Crippen LogP contribution in [0, 0.1) is 5.92 Å². The smallest absolute Gasteiger partial charge is 0.250 e. The maximum Gasteiger partial charge on any atom is 0.250 e. The SMILES string of the molecule is CN=C(NCc1ccc(Cn2ccccc2=O)cc1)NC(C)CCCC(C)C.I. The molecular formula is C23H35IN4O. The number of halogens is 1. The van der Waals surface area contributed by atoms with Gasteiger partial charge in [-0.2, -0.15) is 0 Å². The molecule has 0 radical (unpaired) electrons. The van der Waals surface area contributed by atoms with Crippen molar-refractivity contribution in [3.63, 3.8) is 0 Å². The van der Waals surface area contributed by atoms with Crippen LogP contribution in [0.1, 0.15) is 51.2 Å². The van der Waals surface area contributed by atoms with Crippen LogP contribution in [0.5, 0.6) is 0 Å². The van der Waals surface area contributed by atoms with Crippen molar-refractivity contribution in [2.24, 2.45) is 10.9 Å². The number of hydrogen-bond acceptors (Lipinski definition) is 2. The molecule has 0 fully saturated rings. The fourth-order valence-electron chi connectivity index (χ4n) is 3.07. The molecule has 1 atom stereocenters. The second kappa shape index (κ2) is 13.4. The summed E-state index contributed by atoms with van der Waals surface area (Å²) in [5.74, 6) is 1.59. The molecule has 0 aliphatic heterocycles. The Morgan fingerprint density at radius 2 is 1.72 bits per heavy atom. The van der Waals surface area contributed by atoms with E-state index in [1.807, 2.05) is 12.3 Å². The molecule has 2 aromatic rings. The number of nitrogens with zero attached hydrogens (tertiary/aromatic N) is 2. The lowest BCUT2D eigenvalue weighted by atomic mass is 10.0. The lowest BCUT2D eigenvalue weighted by molar-refractivity contribution is 0.491. The molecule has 0 spiro atoms. The van der Waals surface area contributed by atoms with Crippen LogP contribution in [0.15, 0.2) is 58.4 Å². The van der Waals surface area contributed by atoms with Gasteiger partial charge in [-0.1, -0.05) is 57.0 Å². The molecule has 0 saturated heterocycles. The van der Waals surface area contributed by atoms with Crippen molar-refractivity contribution >= 4 is 29.9 Å².